The highest BCUT2D eigenvalue weighted by Gasteiger charge is 2.13. The fourth-order valence-corrected chi connectivity index (χ4v) is 4.11. The quantitative estimate of drug-likeness (QED) is 0.0537. The molecule has 0 aliphatic carbocycles. The van der Waals surface area contributed by atoms with Crippen molar-refractivity contribution in [3.8, 4) is 0 Å². The number of hydrogen-bond donors (Lipinski definition) is 7. The summed E-state index contributed by atoms with van der Waals surface area (Å²) in [6.07, 6.45) is 7.19. The number of allylic oxidation sites excluding steroid dienone is 2. The molecule has 0 aromatic rings. The van der Waals surface area contributed by atoms with E-state index in [4.69, 9.17) is 22.6 Å². The third-order valence-corrected chi connectivity index (χ3v) is 6.48. The summed E-state index contributed by atoms with van der Waals surface area (Å²) in [5, 5.41) is 16.3. The van der Waals surface area contributed by atoms with Gasteiger partial charge >= 0.3 is 0 Å². The maximum absolute atomic E-state index is 12.4. The summed E-state index contributed by atoms with van der Waals surface area (Å²) in [6.45, 7) is 10.0. The molecule has 0 aromatic carbocycles. The second-order valence-electron chi connectivity index (χ2n) is 10.5. The van der Waals surface area contributed by atoms with Crippen LogP contribution in [0.5, 0.6) is 0 Å². The fraction of sp³-hybridized carbons (Fsp3) is 0.700. The van der Waals surface area contributed by atoms with Crippen molar-refractivity contribution in [2.45, 2.75) is 77.6 Å². The molecule has 0 atom stereocenters. The van der Waals surface area contributed by atoms with Gasteiger partial charge in [-0.3, -0.25) is 19.2 Å². The van der Waals surface area contributed by atoms with Crippen molar-refractivity contribution in [2.75, 3.05) is 58.9 Å². The molecule has 0 rings (SSSR count). The first kappa shape index (κ1) is 39.1. The highest BCUT2D eigenvalue weighted by Crippen LogP contribution is 2.16. The number of carbonyl (C=O) groups excluding carboxylic acids is 4. The zero-order valence-corrected chi connectivity index (χ0v) is 25.7. The first-order valence-electron chi connectivity index (χ1n) is 15.1. The Hall–Kier alpha value is -2.93. The number of nitrogens with zero attached hydrogens (tertiary/aromatic N) is 1. The van der Waals surface area contributed by atoms with Crippen LogP contribution in [0.3, 0.4) is 0 Å². The van der Waals surface area contributed by atoms with Crippen molar-refractivity contribution in [3.05, 3.63) is 23.8 Å². The fourth-order valence-electron chi connectivity index (χ4n) is 4.11. The molecule has 0 saturated heterocycles. The van der Waals surface area contributed by atoms with Gasteiger partial charge in [0.25, 0.3) is 0 Å². The molecule has 0 spiro atoms. The van der Waals surface area contributed by atoms with Gasteiger partial charge in [-0.2, -0.15) is 0 Å². The molecule has 3 amide bonds. The van der Waals surface area contributed by atoms with Crippen LogP contribution in [0.4, 0.5) is 0 Å². The lowest BCUT2D eigenvalue weighted by atomic mass is 9.99. The summed E-state index contributed by atoms with van der Waals surface area (Å²) in [6, 6.07) is 0. The molecule has 240 valence electrons. The predicted octanol–water partition coefficient (Wildman–Crippen LogP) is 0.896. The van der Waals surface area contributed by atoms with Crippen LogP contribution < -0.4 is 33.2 Å². The Morgan fingerprint density at radius 1 is 0.714 bits per heavy atom. The third-order valence-electron chi connectivity index (χ3n) is 6.48. The van der Waals surface area contributed by atoms with E-state index in [0.29, 0.717) is 110 Å². The number of amides is 3. The van der Waals surface area contributed by atoms with Crippen LogP contribution in [-0.4, -0.2) is 93.0 Å². The first-order valence-corrected chi connectivity index (χ1v) is 15.1. The Balaban J connectivity index is 5.14. The number of ketones is 1. The molecule has 0 radical (unpaired) electrons. The maximum atomic E-state index is 12.4. The Bertz CT molecular complexity index is 875. The van der Waals surface area contributed by atoms with E-state index >= 15 is 0 Å². The average Bonchev–Trinajstić information content (AvgIpc) is 2.94. The predicted molar refractivity (Wildman–Crippen MR) is 169 cm³/mol. The molecule has 0 bridgehead atoms. The van der Waals surface area contributed by atoms with Crippen LogP contribution in [0.2, 0.25) is 0 Å². The van der Waals surface area contributed by atoms with Gasteiger partial charge in [-0.25, -0.2) is 0 Å². The molecule has 0 aliphatic heterocycles. The minimum atomic E-state index is -0.0800. The maximum Gasteiger partial charge on any atom is 0.221 e. The average molecular weight is 593 g/mol. The summed E-state index contributed by atoms with van der Waals surface area (Å²) in [5.41, 5.74) is 18.8. The third kappa shape index (κ3) is 23.7. The topological polar surface area (TPSA) is 210 Å². The van der Waals surface area contributed by atoms with Gasteiger partial charge in [0.15, 0.2) is 0 Å². The molecule has 12 nitrogen and oxygen atoms in total. The SMILES string of the molecule is C=C(C)CCNC(=O)CCN(CCC/C(=C/CCC(=O)NCCN)CCC(=O)CC(=N)CCN)CCC(=O)NCCN. The van der Waals surface area contributed by atoms with Crippen molar-refractivity contribution in [1.29, 1.82) is 5.41 Å². The van der Waals surface area contributed by atoms with Crippen LogP contribution in [-0.2, 0) is 19.2 Å². The van der Waals surface area contributed by atoms with Gasteiger partial charge in [0.05, 0.1) is 0 Å². The summed E-state index contributed by atoms with van der Waals surface area (Å²) in [4.78, 5) is 51.0. The van der Waals surface area contributed by atoms with Crippen molar-refractivity contribution < 1.29 is 19.2 Å². The van der Waals surface area contributed by atoms with E-state index in [2.05, 4.69) is 27.4 Å². The molecule has 10 N–H and O–H groups in total. The zero-order chi connectivity index (χ0) is 31.6. The van der Waals surface area contributed by atoms with Gasteiger partial charge in [0.2, 0.25) is 17.7 Å². The Kier molecular flexibility index (Phi) is 24.0. The van der Waals surface area contributed by atoms with E-state index in [1.807, 2.05) is 13.0 Å². The second kappa shape index (κ2) is 25.8. The molecule has 0 fully saturated rings. The van der Waals surface area contributed by atoms with E-state index in [1.54, 1.807) is 0 Å². The van der Waals surface area contributed by atoms with Crippen LogP contribution >= 0.6 is 0 Å². The Morgan fingerprint density at radius 2 is 1.29 bits per heavy atom. The highest BCUT2D eigenvalue weighted by atomic mass is 16.2. The molecule has 42 heavy (non-hydrogen) atoms. The van der Waals surface area contributed by atoms with E-state index in [9.17, 15) is 19.2 Å². The molecule has 0 saturated carbocycles. The van der Waals surface area contributed by atoms with Gasteiger partial charge in [-0.05, 0) is 58.5 Å². The summed E-state index contributed by atoms with van der Waals surface area (Å²) in [7, 11) is 0. The van der Waals surface area contributed by atoms with Gasteiger partial charge in [-0.1, -0.05) is 17.2 Å². The molecule has 0 aromatic heterocycles. The Morgan fingerprint density at radius 3 is 1.83 bits per heavy atom. The largest absolute Gasteiger partial charge is 0.356 e. The van der Waals surface area contributed by atoms with Crippen molar-refractivity contribution in [1.82, 2.24) is 20.9 Å². The first-order chi connectivity index (χ1) is 20.1. The number of Topliss-reactive ketones (excluding diaryl/α,β-unsaturated/α-hetero) is 1. The molecular weight excluding hydrogens is 536 g/mol. The number of nitrogens with one attached hydrogen (secondary N) is 4. The van der Waals surface area contributed by atoms with Crippen LogP contribution in [0.1, 0.15) is 77.6 Å². The highest BCUT2D eigenvalue weighted by molar-refractivity contribution is 6.00. The summed E-state index contributed by atoms with van der Waals surface area (Å²) >= 11 is 0. The van der Waals surface area contributed by atoms with Crippen molar-refractivity contribution >= 4 is 29.2 Å². The molecule has 0 heterocycles. The number of rotatable bonds is 27. The van der Waals surface area contributed by atoms with Gasteiger partial charge in [0, 0.05) is 83.6 Å². The van der Waals surface area contributed by atoms with Crippen LogP contribution in [0.15, 0.2) is 23.8 Å². The molecular formula is C30H56N8O4. The van der Waals surface area contributed by atoms with Gasteiger partial charge < -0.3 is 43.5 Å². The Labute approximate surface area is 252 Å². The lowest BCUT2D eigenvalue weighted by Gasteiger charge is -2.22. The summed E-state index contributed by atoms with van der Waals surface area (Å²) in [5.74, 6) is -0.185. The molecule has 0 unspecified atom stereocenters. The normalized spacial score (nSPS) is 11.3. The van der Waals surface area contributed by atoms with Crippen molar-refractivity contribution in [3.63, 3.8) is 0 Å². The van der Waals surface area contributed by atoms with E-state index in [1.165, 1.54) is 0 Å². The monoisotopic (exact) mass is 592 g/mol. The summed E-state index contributed by atoms with van der Waals surface area (Å²) < 4.78 is 0. The molecule has 12 heteroatoms. The van der Waals surface area contributed by atoms with Crippen molar-refractivity contribution in [2.24, 2.45) is 17.2 Å². The second-order valence-corrected chi connectivity index (χ2v) is 10.5. The van der Waals surface area contributed by atoms with E-state index < -0.39 is 0 Å². The van der Waals surface area contributed by atoms with Gasteiger partial charge in [-0.15, -0.1) is 6.58 Å². The minimum Gasteiger partial charge on any atom is -0.356 e. The van der Waals surface area contributed by atoms with E-state index in [0.717, 1.165) is 30.4 Å². The van der Waals surface area contributed by atoms with Crippen LogP contribution in [0.25, 0.3) is 0 Å². The smallest absolute Gasteiger partial charge is 0.221 e. The lowest BCUT2D eigenvalue weighted by molar-refractivity contribution is -0.122. The van der Waals surface area contributed by atoms with Crippen LogP contribution in [0, 0.1) is 5.41 Å². The minimum absolute atomic E-state index is 0.00261. The van der Waals surface area contributed by atoms with Gasteiger partial charge in [0.1, 0.15) is 5.78 Å². The van der Waals surface area contributed by atoms with E-state index in [-0.39, 0.29) is 29.9 Å². The molecule has 0 aliphatic rings. The lowest BCUT2D eigenvalue weighted by Crippen LogP contribution is -2.36. The number of nitrogens with two attached hydrogens (primary N) is 3. The standard InChI is InChI=1S/C30H56N8O4/c1-24(2)11-17-35-29(41)12-21-38(22-13-30(42)37-19-16-33)20-4-6-25(5-3-7-28(40)36-18-15-32)8-9-27(39)23-26(34)10-14-31/h5,34H,1,3-4,6-23,31-33H2,2H3,(H,35,41)(H,36,40)(H,37,42)/b25-5-,34-26?. The number of carbonyl (C=O) groups is 4. The zero-order valence-electron chi connectivity index (χ0n) is 25.7. The number of hydrogen-bond acceptors (Lipinski definition) is 9.